The van der Waals surface area contributed by atoms with Gasteiger partial charge in [0.15, 0.2) is 9.84 Å². The number of nitrogens with zero attached hydrogens (tertiary/aromatic N) is 2. The minimum atomic E-state index is -4.28. The summed E-state index contributed by atoms with van der Waals surface area (Å²) in [5.41, 5.74) is 5.77. The van der Waals surface area contributed by atoms with Crippen molar-refractivity contribution < 1.29 is 30.8 Å². The zero-order valence-corrected chi connectivity index (χ0v) is 23.7. The van der Waals surface area contributed by atoms with Crippen molar-refractivity contribution in [3.05, 3.63) is 75.0 Å². The molecule has 9 nitrogen and oxygen atoms in total. The van der Waals surface area contributed by atoms with Gasteiger partial charge in [-0.3, -0.25) is 9.59 Å². The van der Waals surface area contributed by atoms with E-state index in [4.69, 9.17) is 17.3 Å². The minimum Gasteiger partial charge on any atom is -0.369 e. The molecule has 0 spiro atoms. The van der Waals surface area contributed by atoms with Gasteiger partial charge in [0, 0.05) is 28.6 Å². The van der Waals surface area contributed by atoms with Crippen LogP contribution in [0.15, 0.2) is 64.9 Å². The lowest BCUT2D eigenvalue weighted by molar-refractivity contribution is -0.122. The number of sulfonamides is 1. The maximum Gasteiger partial charge on any atom is 0.245 e. The number of carbonyl (C=O) groups excluding carboxylic acids is 2. The minimum absolute atomic E-state index is 0.0118. The lowest BCUT2D eigenvalue weighted by Gasteiger charge is -2.25. The molecule has 0 radical (unpaired) electrons. The molecule has 1 aromatic heterocycles. The number of benzene rings is 2. The molecule has 1 fully saturated rings. The molecule has 0 saturated carbocycles. The highest BCUT2D eigenvalue weighted by atomic mass is 35.5. The SMILES string of the molecule is CS(=O)(=O)c1ccccc1-c1ccc(N2CC[C@H](N(CC(N)=O)S(=O)(=O)/C=C/c3ccc(Cl)s3)C2=O)c(F)c1. The van der Waals surface area contributed by atoms with E-state index in [0.29, 0.717) is 19.1 Å². The summed E-state index contributed by atoms with van der Waals surface area (Å²) in [5, 5.41) is 0.864. The number of halogens is 2. The van der Waals surface area contributed by atoms with Gasteiger partial charge in [0.2, 0.25) is 21.8 Å². The standard InChI is InChI=1S/C25H23ClFN3O6S3/c1-38(33,34)22-5-3-2-4-18(22)16-6-8-20(19(27)14-16)29-12-10-21(25(29)32)30(15-24(28)31)39(35,36)13-11-17-7-9-23(26)37-17/h2-9,11,13-14,21H,10,12,15H2,1H3,(H2,28,31)/b13-11+/t21-/m0/s1. The van der Waals surface area contributed by atoms with E-state index < -0.39 is 50.1 Å². The van der Waals surface area contributed by atoms with Crippen LogP contribution in [0.4, 0.5) is 10.1 Å². The monoisotopic (exact) mass is 611 g/mol. The molecular formula is C25H23ClFN3O6S3. The largest absolute Gasteiger partial charge is 0.369 e. The number of hydrogen-bond donors (Lipinski definition) is 1. The number of nitrogens with two attached hydrogens (primary N) is 1. The second-order valence-electron chi connectivity index (χ2n) is 8.73. The van der Waals surface area contributed by atoms with Crippen molar-refractivity contribution in [1.29, 1.82) is 0 Å². The van der Waals surface area contributed by atoms with Crippen LogP contribution < -0.4 is 10.6 Å². The van der Waals surface area contributed by atoms with E-state index in [0.717, 1.165) is 34.0 Å². The third-order valence-electron chi connectivity index (χ3n) is 6.00. The highest BCUT2D eigenvalue weighted by molar-refractivity contribution is 7.92. The van der Waals surface area contributed by atoms with Crippen molar-refractivity contribution in [2.75, 3.05) is 24.2 Å². The molecule has 0 aliphatic carbocycles. The summed E-state index contributed by atoms with van der Waals surface area (Å²) in [7, 11) is -7.87. The third kappa shape index (κ3) is 6.39. The van der Waals surface area contributed by atoms with Gasteiger partial charge in [-0.1, -0.05) is 35.9 Å². The Morgan fingerprint density at radius 3 is 2.51 bits per heavy atom. The summed E-state index contributed by atoms with van der Waals surface area (Å²) in [4.78, 5) is 26.7. The summed E-state index contributed by atoms with van der Waals surface area (Å²) in [5.74, 6) is -2.49. The number of thiophene rings is 1. The van der Waals surface area contributed by atoms with Gasteiger partial charge in [-0.05, 0) is 48.4 Å². The van der Waals surface area contributed by atoms with Crippen LogP contribution >= 0.6 is 22.9 Å². The molecule has 2 N–H and O–H groups in total. The highest BCUT2D eigenvalue weighted by Gasteiger charge is 2.42. The Labute approximate surface area is 234 Å². The molecule has 206 valence electrons. The van der Waals surface area contributed by atoms with Crippen molar-refractivity contribution >= 4 is 66.4 Å². The number of primary amides is 1. The molecule has 1 aliphatic heterocycles. The average Bonchev–Trinajstić information content (AvgIpc) is 3.45. The second kappa shape index (κ2) is 11.2. The van der Waals surface area contributed by atoms with Crippen LogP contribution in [0.3, 0.4) is 0 Å². The zero-order chi connectivity index (χ0) is 28.5. The van der Waals surface area contributed by atoms with Gasteiger partial charge in [-0.25, -0.2) is 21.2 Å². The molecule has 2 heterocycles. The summed E-state index contributed by atoms with van der Waals surface area (Å²) in [6.07, 6.45) is 2.34. The normalized spacial score (nSPS) is 16.5. The molecular weight excluding hydrogens is 589 g/mol. The molecule has 2 amide bonds. The Kier molecular flexibility index (Phi) is 8.28. The molecule has 39 heavy (non-hydrogen) atoms. The fraction of sp³-hybridized carbons (Fsp3) is 0.200. The van der Waals surface area contributed by atoms with Crippen LogP contribution in [-0.2, 0) is 29.4 Å². The maximum atomic E-state index is 15.3. The maximum absolute atomic E-state index is 15.3. The Hall–Kier alpha value is -3.10. The van der Waals surface area contributed by atoms with E-state index in [1.165, 1.54) is 24.3 Å². The first-order valence-corrected chi connectivity index (χ1v) is 16.0. The van der Waals surface area contributed by atoms with Gasteiger partial charge in [-0.2, -0.15) is 4.31 Å². The van der Waals surface area contributed by atoms with E-state index in [1.807, 2.05) is 0 Å². The molecule has 0 bridgehead atoms. The molecule has 0 unspecified atom stereocenters. The molecule has 1 aliphatic rings. The molecule has 3 aromatic rings. The van der Waals surface area contributed by atoms with Crippen molar-refractivity contribution in [2.24, 2.45) is 5.73 Å². The lowest BCUT2D eigenvalue weighted by Crippen LogP contribution is -2.48. The fourth-order valence-electron chi connectivity index (χ4n) is 4.27. The van der Waals surface area contributed by atoms with Gasteiger partial charge in [-0.15, -0.1) is 11.3 Å². The van der Waals surface area contributed by atoms with Crippen LogP contribution in [0.25, 0.3) is 17.2 Å². The van der Waals surface area contributed by atoms with E-state index in [1.54, 1.807) is 30.3 Å². The van der Waals surface area contributed by atoms with Crippen molar-refractivity contribution in [2.45, 2.75) is 17.4 Å². The Bertz CT molecular complexity index is 1690. The number of amides is 2. The Morgan fingerprint density at radius 1 is 1.18 bits per heavy atom. The van der Waals surface area contributed by atoms with Gasteiger partial charge >= 0.3 is 0 Å². The Balaban J connectivity index is 1.63. The van der Waals surface area contributed by atoms with Gasteiger partial charge < -0.3 is 10.6 Å². The first-order chi connectivity index (χ1) is 18.3. The van der Waals surface area contributed by atoms with Crippen LogP contribution in [0, 0.1) is 5.82 Å². The number of sulfone groups is 1. The number of carbonyl (C=O) groups is 2. The van der Waals surface area contributed by atoms with Gasteiger partial charge in [0.1, 0.15) is 11.9 Å². The summed E-state index contributed by atoms with van der Waals surface area (Å²) in [6.45, 7) is -0.763. The third-order valence-corrected chi connectivity index (χ3v) is 9.87. The highest BCUT2D eigenvalue weighted by Crippen LogP contribution is 2.33. The van der Waals surface area contributed by atoms with Crippen molar-refractivity contribution in [3.8, 4) is 11.1 Å². The number of anilines is 1. The fourth-order valence-corrected chi connectivity index (χ4v) is 7.57. The molecule has 4 rings (SSSR count). The van der Waals surface area contributed by atoms with Crippen LogP contribution in [-0.4, -0.2) is 58.3 Å². The first-order valence-electron chi connectivity index (χ1n) is 11.4. The lowest BCUT2D eigenvalue weighted by atomic mass is 10.0. The Morgan fingerprint density at radius 2 is 1.90 bits per heavy atom. The topological polar surface area (TPSA) is 135 Å². The van der Waals surface area contributed by atoms with Crippen LogP contribution in [0.5, 0.6) is 0 Å². The van der Waals surface area contributed by atoms with Crippen molar-refractivity contribution in [3.63, 3.8) is 0 Å². The number of hydrogen-bond acceptors (Lipinski definition) is 7. The van der Waals surface area contributed by atoms with E-state index in [9.17, 15) is 26.4 Å². The van der Waals surface area contributed by atoms with Crippen LogP contribution in [0.2, 0.25) is 4.34 Å². The zero-order valence-electron chi connectivity index (χ0n) is 20.5. The van der Waals surface area contributed by atoms with E-state index in [-0.39, 0.29) is 29.1 Å². The molecule has 1 atom stereocenters. The predicted octanol–water partition coefficient (Wildman–Crippen LogP) is 3.50. The molecule has 14 heteroatoms. The number of rotatable bonds is 9. The smallest absolute Gasteiger partial charge is 0.245 e. The summed E-state index contributed by atoms with van der Waals surface area (Å²) in [6, 6.07) is 12.0. The van der Waals surface area contributed by atoms with Gasteiger partial charge in [0.25, 0.3) is 0 Å². The van der Waals surface area contributed by atoms with E-state index >= 15 is 4.39 Å². The second-order valence-corrected chi connectivity index (χ2v) is 14.2. The van der Waals surface area contributed by atoms with Gasteiger partial charge in [0.05, 0.1) is 21.5 Å². The average molecular weight is 612 g/mol. The van der Waals surface area contributed by atoms with Crippen LogP contribution in [0.1, 0.15) is 11.3 Å². The molecule has 2 aromatic carbocycles. The quantitative estimate of drug-likeness (QED) is 0.393. The summed E-state index contributed by atoms with van der Waals surface area (Å²) < 4.78 is 67.0. The van der Waals surface area contributed by atoms with E-state index in [2.05, 4.69) is 0 Å². The molecule has 1 saturated heterocycles. The predicted molar refractivity (Wildman–Crippen MR) is 149 cm³/mol. The summed E-state index contributed by atoms with van der Waals surface area (Å²) >= 11 is 7.02. The first kappa shape index (κ1) is 28.9. The van der Waals surface area contributed by atoms with Crippen molar-refractivity contribution in [1.82, 2.24) is 4.31 Å².